The lowest BCUT2D eigenvalue weighted by Gasteiger charge is -2.39. The predicted octanol–water partition coefficient (Wildman–Crippen LogP) is 7.72. The third-order valence-electron chi connectivity index (χ3n) is 9.79. The zero-order valence-electron chi connectivity index (χ0n) is 27.4. The molecule has 4 atom stereocenters. The van der Waals surface area contributed by atoms with Gasteiger partial charge in [-0.05, 0) is 92.2 Å². The molecule has 44 heavy (non-hydrogen) atoms. The van der Waals surface area contributed by atoms with Gasteiger partial charge < -0.3 is 19.1 Å². The molecule has 2 saturated heterocycles. The number of hydrogen-bond donors (Lipinski definition) is 0. The van der Waals surface area contributed by atoms with Crippen LogP contribution < -0.4 is 0 Å². The molecule has 240 valence electrons. The number of carbonyl (C=O) groups is 1. The summed E-state index contributed by atoms with van der Waals surface area (Å²) in [5.74, 6) is 1.03. The van der Waals surface area contributed by atoms with E-state index in [0.717, 1.165) is 54.1 Å². The lowest BCUT2D eigenvalue weighted by Crippen LogP contribution is -2.52. The largest absolute Gasteiger partial charge is 0.377 e. The number of benzene rings is 2. The van der Waals surface area contributed by atoms with Gasteiger partial charge in [0.25, 0.3) is 5.91 Å². The van der Waals surface area contributed by atoms with E-state index in [2.05, 4.69) is 38.0 Å². The van der Waals surface area contributed by atoms with Crippen LogP contribution in [-0.2, 0) is 21.3 Å². The molecule has 0 N–H and O–H groups in total. The molecule has 2 aromatic carbocycles. The number of carbonyl (C=O) groups excluding carboxylic acids is 1. The molecule has 0 saturated carbocycles. The van der Waals surface area contributed by atoms with Crippen molar-refractivity contribution in [3.05, 3.63) is 53.5 Å². The number of nitrogens with zero attached hydrogens (tertiary/aromatic N) is 3. The number of fused-ring (bicyclic) bond motifs is 1. The van der Waals surface area contributed by atoms with Crippen LogP contribution >= 0.6 is 0 Å². The predicted molar refractivity (Wildman–Crippen MR) is 172 cm³/mol. The number of hydrogen-bond acceptors (Lipinski definition) is 5. The van der Waals surface area contributed by atoms with Gasteiger partial charge in [0.2, 0.25) is 0 Å². The van der Waals surface area contributed by atoms with Crippen LogP contribution in [0.4, 0.5) is 4.39 Å². The Morgan fingerprint density at radius 2 is 1.75 bits per heavy atom. The monoisotopic (exact) mass is 607 g/mol. The Labute approximate surface area is 262 Å². The van der Waals surface area contributed by atoms with Crippen molar-refractivity contribution in [2.75, 3.05) is 26.4 Å². The second-order valence-corrected chi connectivity index (χ2v) is 13.2. The van der Waals surface area contributed by atoms with Crippen molar-refractivity contribution in [1.82, 2.24) is 14.7 Å². The van der Waals surface area contributed by atoms with Crippen LogP contribution in [0.5, 0.6) is 0 Å². The summed E-state index contributed by atoms with van der Waals surface area (Å²) < 4.78 is 33.7. The first kappa shape index (κ1) is 32.6. The topological polar surface area (TPSA) is 65.8 Å². The molecular formula is C36H50FN3O4. The van der Waals surface area contributed by atoms with Crippen LogP contribution in [-0.4, -0.2) is 65.4 Å². The van der Waals surface area contributed by atoms with E-state index in [1.807, 2.05) is 36.7 Å². The number of rotatable bonds is 12. The summed E-state index contributed by atoms with van der Waals surface area (Å²) in [5.41, 5.74) is 4.31. The maximum Gasteiger partial charge on any atom is 0.255 e. The molecule has 3 aromatic rings. The van der Waals surface area contributed by atoms with E-state index in [-0.39, 0.29) is 24.3 Å². The molecule has 0 bridgehead atoms. The molecule has 2 aliphatic heterocycles. The Hall–Kier alpha value is -2.81. The standard InChI is InChI=1S/C36H50FN3O4/c1-7-26(9-8-10-27(23(2)3)11-14-35-43-15-16-44-35)28-17-31(33-20-38-39(6)34(33)18-28)30-13-12-29(37)19-32(30)36(41)40-24(4)21-42-22-25(40)5/h12-13,17-20,23-27,35H,7-11,14-16,21-22H2,1-6H3/t24-,25-,26?,27-/m1/s1. The SMILES string of the molecule is CCC(CCC[C@H](CCC1OCCO1)C(C)C)c1cc(-c2ccc(F)cc2C(=O)N2[C@H](C)COC[C@H]2C)c2cnn(C)c2c1. The Bertz CT molecular complexity index is 1410. The Morgan fingerprint density at radius 3 is 2.43 bits per heavy atom. The van der Waals surface area contributed by atoms with Gasteiger partial charge in [-0.25, -0.2) is 4.39 Å². The number of morpholine rings is 1. The normalized spacial score (nSPS) is 21.0. The van der Waals surface area contributed by atoms with Crippen molar-refractivity contribution in [3.63, 3.8) is 0 Å². The molecule has 1 aromatic heterocycles. The van der Waals surface area contributed by atoms with Gasteiger partial charge in [-0.2, -0.15) is 5.10 Å². The molecule has 2 aliphatic rings. The van der Waals surface area contributed by atoms with Crippen molar-refractivity contribution in [1.29, 1.82) is 0 Å². The summed E-state index contributed by atoms with van der Waals surface area (Å²) in [6.07, 6.45) is 8.30. The molecule has 0 spiro atoms. The van der Waals surface area contributed by atoms with E-state index in [0.29, 0.717) is 49.7 Å². The first-order valence-electron chi connectivity index (χ1n) is 16.6. The van der Waals surface area contributed by atoms with Crippen molar-refractivity contribution in [2.45, 2.75) is 97.4 Å². The second kappa shape index (κ2) is 14.5. The van der Waals surface area contributed by atoms with E-state index >= 15 is 0 Å². The fourth-order valence-electron chi connectivity index (χ4n) is 7.17. The van der Waals surface area contributed by atoms with Crippen LogP contribution in [0, 0.1) is 17.7 Å². The van der Waals surface area contributed by atoms with Crippen molar-refractivity contribution in [2.24, 2.45) is 18.9 Å². The van der Waals surface area contributed by atoms with Gasteiger partial charge in [0.15, 0.2) is 6.29 Å². The molecule has 2 fully saturated rings. The average Bonchev–Trinajstić information content (AvgIpc) is 3.66. The van der Waals surface area contributed by atoms with E-state index in [1.165, 1.54) is 24.1 Å². The van der Waals surface area contributed by atoms with Gasteiger partial charge in [0.05, 0.1) is 55.8 Å². The highest BCUT2D eigenvalue weighted by molar-refractivity contribution is 6.06. The molecule has 0 radical (unpaired) electrons. The Morgan fingerprint density at radius 1 is 1.02 bits per heavy atom. The van der Waals surface area contributed by atoms with Gasteiger partial charge in [0.1, 0.15) is 5.82 Å². The minimum Gasteiger partial charge on any atom is -0.377 e. The smallest absolute Gasteiger partial charge is 0.255 e. The van der Waals surface area contributed by atoms with Crippen LogP contribution in [0.25, 0.3) is 22.0 Å². The average molecular weight is 608 g/mol. The summed E-state index contributed by atoms with van der Waals surface area (Å²) >= 11 is 0. The first-order chi connectivity index (χ1) is 21.2. The molecule has 7 nitrogen and oxygen atoms in total. The van der Waals surface area contributed by atoms with Crippen molar-refractivity contribution in [3.8, 4) is 11.1 Å². The molecule has 3 heterocycles. The van der Waals surface area contributed by atoms with Gasteiger partial charge in [-0.3, -0.25) is 9.48 Å². The summed E-state index contributed by atoms with van der Waals surface area (Å²) in [7, 11) is 1.95. The van der Waals surface area contributed by atoms with Crippen LogP contribution in [0.15, 0.2) is 36.5 Å². The van der Waals surface area contributed by atoms with Crippen LogP contribution in [0.2, 0.25) is 0 Å². The number of aromatic nitrogens is 2. The van der Waals surface area contributed by atoms with Gasteiger partial charge in [-0.1, -0.05) is 45.7 Å². The number of ether oxygens (including phenoxy) is 3. The van der Waals surface area contributed by atoms with Crippen LogP contribution in [0.1, 0.15) is 95.0 Å². The third-order valence-corrected chi connectivity index (χ3v) is 9.79. The van der Waals surface area contributed by atoms with Crippen molar-refractivity contribution < 1.29 is 23.4 Å². The highest BCUT2D eigenvalue weighted by Crippen LogP contribution is 2.38. The zero-order chi connectivity index (χ0) is 31.4. The second-order valence-electron chi connectivity index (χ2n) is 13.2. The van der Waals surface area contributed by atoms with Crippen LogP contribution in [0.3, 0.4) is 0 Å². The minimum atomic E-state index is -0.415. The minimum absolute atomic E-state index is 0.0402. The van der Waals surface area contributed by atoms with Crippen molar-refractivity contribution >= 4 is 16.8 Å². The highest BCUT2D eigenvalue weighted by Gasteiger charge is 2.32. The molecular weight excluding hydrogens is 557 g/mol. The van der Waals surface area contributed by atoms with Gasteiger partial charge >= 0.3 is 0 Å². The Kier molecular flexibility index (Phi) is 10.8. The molecule has 5 rings (SSSR count). The van der Waals surface area contributed by atoms with Gasteiger partial charge in [-0.15, -0.1) is 0 Å². The lowest BCUT2D eigenvalue weighted by molar-refractivity contribution is -0.0514. The maximum atomic E-state index is 14.7. The van der Waals surface area contributed by atoms with E-state index in [9.17, 15) is 9.18 Å². The lowest BCUT2D eigenvalue weighted by atomic mass is 9.83. The van der Waals surface area contributed by atoms with E-state index < -0.39 is 5.82 Å². The number of amides is 1. The number of aryl methyl sites for hydroxylation is 1. The third kappa shape index (κ3) is 7.19. The summed E-state index contributed by atoms with van der Waals surface area (Å²) in [6.45, 7) is 13.2. The maximum absolute atomic E-state index is 14.7. The van der Waals surface area contributed by atoms with E-state index in [4.69, 9.17) is 14.2 Å². The summed E-state index contributed by atoms with van der Waals surface area (Å²) in [4.78, 5) is 15.9. The summed E-state index contributed by atoms with van der Waals surface area (Å²) in [5, 5.41) is 5.55. The molecule has 1 unspecified atom stereocenters. The molecule has 8 heteroatoms. The fourth-order valence-corrected chi connectivity index (χ4v) is 7.17. The van der Waals surface area contributed by atoms with E-state index in [1.54, 1.807) is 6.07 Å². The van der Waals surface area contributed by atoms with Gasteiger partial charge in [0, 0.05) is 12.4 Å². The first-order valence-corrected chi connectivity index (χ1v) is 16.6. The quantitative estimate of drug-likeness (QED) is 0.211. The fraction of sp³-hybridized carbons (Fsp3) is 0.611. The zero-order valence-corrected chi connectivity index (χ0v) is 27.4. The molecule has 0 aliphatic carbocycles. The number of halogens is 1. The Balaban J connectivity index is 1.42. The summed E-state index contributed by atoms with van der Waals surface area (Å²) in [6, 6.07) is 8.91. The highest BCUT2D eigenvalue weighted by atomic mass is 19.1. The molecule has 1 amide bonds.